The van der Waals surface area contributed by atoms with Crippen LogP contribution in [0.2, 0.25) is 0 Å². The lowest BCUT2D eigenvalue weighted by Crippen LogP contribution is -1.95. The molecule has 0 heterocycles. The first-order valence-corrected chi connectivity index (χ1v) is 6.37. The van der Waals surface area contributed by atoms with Crippen LogP contribution in [0.3, 0.4) is 0 Å². The number of rotatable bonds is 4. The van der Waals surface area contributed by atoms with Crippen LogP contribution in [0.15, 0.2) is 29.2 Å². The lowest BCUT2D eigenvalue weighted by Gasteiger charge is -2.01. The van der Waals surface area contributed by atoms with E-state index >= 15 is 0 Å². The molecule has 0 aliphatic carbocycles. The van der Waals surface area contributed by atoms with Crippen LogP contribution in [-0.4, -0.2) is 22.1 Å². The Hall–Kier alpha value is -0.580. The van der Waals surface area contributed by atoms with Gasteiger partial charge in [-0.3, -0.25) is 0 Å². The molecule has 0 atom stereocenters. The quantitative estimate of drug-likeness (QED) is 0.747. The van der Waals surface area contributed by atoms with Crippen LogP contribution in [-0.2, 0) is 20.2 Å². The fourth-order valence-electron chi connectivity index (χ4n) is 1.04. The van der Waals surface area contributed by atoms with E-state index in [1.165, 1.54) is 12.1 Å². The Balaban J connectivity index is 2.79. The van der Waals surface area contributed by atoms with E-state index in [0.717, 1.165) is 12.0 Å². The van der Waals surface area contributed by atoms with E-state index in [4.69, 9.17) is 15.4 Å². The molecular formula is C9H11ClO3S. The average Bonchev–Trinajstić information content (AvgIpc) is 2.14. The van der Waals surface area contributed by atoms with Crippen molar-refractivity contribution in [3.8, 4) is 0 Å². The van der Waals surface area contributed by atoms with Gasteiger partial charge in [0.25, 0.3) is 9.05 Å². The molecule has 0 fully saturated rings. The van der Waals surface area contributed by atoms with Crippen LogP contribution in [0.5, 0.6) is 0 Å². The van der Waals surface area contributed by atoms with Gasteiger partial charge in [-0.25, -0.2) is 8.42 Å². The van der Waals surface area contributed by atoms with Gasteiger partial charge in [0, 0.05) is 17.8 Å². The first kappa shape index (κ1) is 11.5. The first-order chi connectivity index (χ1) is 6.54. The van der Waals surface area contributed by atoms with E-state index in [9.17, 15) is 8.42 Å². The molecule has 0 saturated carbocycles. The summed E-state index contributed by atoms with van der Waals surface area (Å²) in [5.41, 5.74) is 1.02. The van der Waals surface area contributed by atoms with Crippen LogP contribution in [0.1, 0.15) is 5.56 Å². The van der Waals surface area contributed by atoms with Crippen molar-refractivity contribution in [2.75, 3.05) is 13.7 Å². The topological polar surface area (TPSA) is 43.4 Å². The third-order valence-electron chi connectivity index (χ3n) is 1.80. The standard InChI is InChI=1S/C9H11ClO3S/c1-13-7-6-8-2-4-9(5-3-8)14(10,11)12/h2-5H,6-7H2,1H3. The zero-order valence-corrected chi connectivity index (χ0v) is 9.31. The Labute approximate surface area is 88.1 Å². The lowest BCUT2D eigenvalue weighted by atomic mass is 10.2. The summed E-state index contributed by atoms with van der Waals surface area (Å²) < 4.78 is 26.7. The van der Waals surface area contributed by atoms with Crippen LogP contribution in [0.25, 0.3) is 0 Å². The summed E-state index contributed by atoms with van der Waals surface area (Å²) in [6.07, 6.45) is 0.763. The smallest absolute Gasteiger partial charge is 0.261 e. The highest BCUT2D eigenvalue weighted by Crippen LogP contribution is 2.15. The van der Waals surface area contributed by atoms with Crippen molar-refractivity contribution in [1.82, 2.24) is 0 Å². The Morgan fingerprint density at radius 3 is 2.29 bits per heavy atom. The van der Waals surface area contributed by atoms with Crippen LogP contribution in [0.4, 0.5) is 0 Å². The molecule has 1 rings (SSSR count). The molecule has 0 unspecified atom stereocenters. The van der Waals surface area contributed by atoms with Crippen molar-refractivity contribution in [3.63, 3.8) is 0 Å². The molecule has 78 valence electrons. The molecule has 0 aliphatic heterocycles. The van der Waals surface area contributed by atoms with E-state index in [1.54, 1.807) is 19.2 Å². The Morgan fingerprint density at radius 1 is 1.29 bits per heavy atom. The minimum Gasteiger partial charge on any atom is -0.384 e. The molecule has 0 amide bonds. The molecule has 0 spiro atoms. The van der Waals surface area contributed by atoms with Crippen molar-refractivity contribution in [2.45, 2.75) is 11.3 Å². The summed E-state index contributed by atoms with van der Waals surface area (Å²) in [5, 5.41) is 0. The van der Waals surface area contributed by atoms with Gasteiger partial charge in [-0.2, -0.15) is 0 Å². The highest BCUT2D eigenvalue weighted by molar-refractivity contribution is 8.13. The normalized spacial score (nSPS) is 11.6. The predicted octanol–water partition coefficient (Wildman–Crippen LogP) is 1.80. The van der Waals surface area contributed by atoms with Crippen molar-refractivity contribution in [1.29, 1.82) is 0 Å². The number of hydrogen-bond acceptors (Lipinski definition) is 3. The summed E-state index contributed by atoms with van der Waals surface area (Å²) in [5.74, 6) is 0. The molecule has 0 radical (unpaired) electrons. The molecule has 0 bridgehead atoms. The summed E-state index contributed by atoms with van der Waals surface area (Å²) in [4.78, 5) is 0.125. The molecule has 0 aliphatic rings. The molecule has 1 aromatic rings. The van der Waals surface area contributed by atoms with Gasteiger partial charge in [0.15, 0.2) is 0 Å². The molecule has 0 saturated heterocycles. The maximum absolute atomic E-state index is 10.9. The highest BCUT2D eigenvalue weighted by Gasteiger charge is 2.08. The van der Waals surface area contributed by atoms with Gasteiger partial charge in [0.1, 0.15) is 0 Å². The van der Waals surface area contributed by atoms with Crippen LogP contribution in [0, 0.1) is 0 Å². The van der Waals surface area contributed by atoms with Gasteiger partial charge in [-0.05, 0) is 24.1 Å². The zero-order chi connectivity index (χ0) is 10.6. The minimum atomic E-state index is -3.60. The fraction of sp³-hybridized carbons (Fsp3) is 0.333. The van der Waals surface area contributed by atoms with E-state index in [-0.39, 0.29) is 4.90 Å². The number of halogens is 1. The van der Waals surface area contributed by atoms with Crippen molar-refractivity contribution < 1.29 is 13.2 Å². The molecule has 0 N–H and O–H groups in total. The Kier molecular flexibility index (Phi) is 3.92. The summed E-state index contributed by atoms with van der Waals surface area (Å²) in [7, 11) is 3.19. The number of ether oxygens (including phenoxy) is 1. The lowest BCUT2D eigenvalue weighted by molar-refractivity contribution is 0.202. The van der Waals surface area contributed by atoms with E-state index in [2.05, 4.69) is 0 Å². The zero-order valence-electron chi connectivity index (χ0n) is 7.73. The number of methoxy groups -OCH3 is 1. The monoisotopic (exact) mass is 234 g/mol. The van der Waals surface area contributed by atoms with Gasteiger partial charge in [-0.15, -0.1) is 0 Å². The predicted molar refractivity (Wildman–Crippen MR) is 55.1 cm³/mol. The number of hydrogen-bond donors (Lipinski definition) is 0. The molecular weight excluding hydrogens is 224 g/mol. The van der Waals surface area contributed by atoms with Gasteiger partial charge in [-0.1, -0.05) is 12.1 Å². The van der Waals surface area contributed by atoms with Gasteiger partial charge < -0.3 is 4.74 Å². The van der Waals surface area contributed by atoms with Crippen molar-refractivity contribution in [2.24, 2.45) is 0 Å². The van der Waals surface area contributed by atoms with E-state index in [1.807, 2.05) is 0 Å². The Morgan fingerprint density at radius 2 is 1.86 bits per heavy atom. The van der Waals surface area contributed by atoms with Crippen molar-refractivity contribution in [3.05, 3.63) is 29.8 Å². The van der Waals surface area contributed by atoms with Crippen LogP contribution >= 0.6 is 10.7 Å². The summed E-state index contributed by atoms with van der Waals surface area (Å²) in [6, 6.07) is 6.45. The van der Waals surface area contributed by atoms with Crippen LogP contribution < -0.4 is 0 Å². The summed E-state index contributed by atoms with van der Waals surface area (Å²) >= 11 is 0. The second kappa shape index (κ2) is 4.77. The van der Waals surface area contributed by atoms with Crippen molar-refractivity contribution >= 4 is 19.7 Å². The van der Waals surface area contributed by atoms with Gasteiger partial charge in [0.2, 0.25) is 0 Å². The average molecular weight is 235 g/mol. The third-order valence-corrected chi connectivity index (χ3v) is 3.17. The second-order valence-electron chi connectivity index (χ2n) is 2.82. The third kappa shape index (κ3) is 3.29. The Bertz CT molecular complexity index is 383. The van der Waals surface area contributed by atoms with Gasteiger partial charge >= 0.3 is 0 Å². The van der Waals surface area contributed by atoms with Gasteiger partial charge in [0.05, 0.1) is 11.5 Å². The fourth-order valence-corrected chi connectivity index (χ4v) is 1.81. The number of benzene rings is 1. The second-order valence-corrected chi connectivity index (χ2v) is 5.39. The largest absolute Gasteiger partial charge is 0.384 e. The molecule has 0 aromatic heterocycles. The molecule has 1 aromatic carbocycles. The first-order valence-electron chi connectivity index (χ1n) is 4.06. The molecule has 3 nitrogen and oxygen atoms in total. The highest BCUT2D eigenvalue weighted by atomic mass is 35.7. The summed E-state index contributed by atoms with van der Waals surface area (Å²) in [6.45, 7) is 0.618. The molecule has 5 heteroatoms. The SMILES string of the molecule is COCCc1ccc(S(=O)(=O)Cl)cc1. The maximum Gasteiger partial charge on any atom is 0.261 e. The maximum atomic E-state index is 10.9. The van der Waals surface area contributed by atoms with E-state index in [0.29, 0.717) is 6.61 Å². The van der Waals surface area contributed by atoms with E-state index < -0.39 is 9.05 Å². The molecule has 14 heavy (non-hydrogen) atoms. The minimum absolute atomic E-state index is 0.125.